The minimum absolute atomic E-state index is 0.144. The number of ketones is 1. The van der Waals surface area contributed by atoms with Crippen LogP contribution in [0.1, 0.15) is 33.2 Å². The molecule has 152 valence electrons. The Bertz CT molecular complexity index is 1030. The number of hydrogen-bond donors (Lipinski definition) is 0. The summed E-state index contributed by atoms with van der Waals surface area (Å²) in [4.78, 5) is 24.6. The third kappa shape index (κ3) is 5.58. The molecule has 0 fully saturated rings. The van der Waals surface area contributed by atoms with Gasteiger partial charge < -0.3 is 14.2 Å². The quantitative estimate of drug-likeness (QED) is 0.224. The Hall–Kier alpha value is -3.86. The zero-order chi connectivity index (χ0) is 21.3. The van der Waals surface area contributed by atoms with Crippen LogP contribution >= 0.6 is 0 Å². The average molecular weight is 402 g/mol. The van der Waals surface area contributed by atoms with Gasteiger partial charge in [0.15, 0.2) is 5.78 Å². The first kappa shape index (κ1) is 20.9. The van der Waals surface area contributed by atoms with Crippen LogP contribution in [-0.2, 0) is 0 Å². The Morgan fingerprint density at radius 2 is 1.53 bits per heavy atom. The Balaban J connectivity index is 1.61. The number of ether oxygens (including phenoxy) is 3. The van der Waals surface area contributed by atoms with Crippen LogP contribution in [0, 0.1) is 0 Å². The minimum atomic E-state index is -0.497. The lowest BCUT2D eigenvalue weighted by atomic mass is 10.1. The normalized spacial score (nSPS) is 10.6. The lowest BCUT2D eigenvalue weighted by molar-refractivity contribution is 0.0734. The molecule has 5 nitrogen and oxygen atoms in total. The van der Waals surface area contributed by atoms with Crippen LogP contribution < -0.4 is 14.2 Å². The molecule has 3 rings (SSSR count). The van der Waals surface area contributed by atoms with Gasteiger partial charge in [-0.3, -0.25) is 4.79 Å². The van der Waals surface area contributed by atoms with E-state index in [1.165, 1.54) is 13.2 Å². The van der Waals surface area contributed by atoms with Gasteiger partial charge in [-0.2, -0.15) is 0 Å². The molecule has 0 heterocycles. The summed E-state index contributed by atoms with van der Waals surface area (Å²) < 4.78 is 15.9. The van der Waals surface area contributed by atoms with Crippen molar-refractivity contribution in [1.29, 1.82) is 0 Å². The van der Waals surface area contributed by atoms with Gasteiger partial charge >= 0.3 is 5.97 Å². The van der Waals surface area contributed by atoms with Gasteiger partial charge in [0.2, 0.25) is 0 Å². The van der Waals surface area contributed by atoms with E-state index in [-0.39, 0.29) is 5.78 Å². The van der Waals surface area contributed by atoms with E-state index in [9.17, 15) is 9.59 Å². The predicted molar refractivity (Wildman–Crippen MR) is 115 cm³/mol. The van der Waals surface area contributed by atoms with Gasteiger partial charge in [0.1, 0.15) is 17.2 Å². The van der Waals surface area contributed by atoms with E-state index < -0.39 is 5.97 Å². The molecule has 30 heavy (non-hydrogen) atoms. The van der Waals surface area contributed by atoms with Crippen LogP contribution in [-0.4, -0.2) is 25.5 Å². The SMILES string of the molecule is CCOc1ccc(/C=C/C(=O)c2ccc(OC(=O)c3cccc(OC)c3)cc2)cc1. The molecule has 5 heteroatoms. The molecule has 0 spiro atoms. The number of hydrogen-bond acceptors (Lipinski definition) is 5. The zero-order valence-corrected chi connectivity index (χ0v) is 16.8. The lowest BCUT2D eigenvalue weighted by Gasteiger charge is -2.06. The zero-order valence-electron chi connectivity index (χ0n) is 16.8. The maximum Gasteiger partial charge on any atom is 0.343 e. The number of rotatable bonds is 8. The van der Waals surface area contributed by atoms with Crippen LogP contribution in [0.25, 0.3) is 6.08 Å². The van der Waals surface area contributed by atoms with Crippen LogP contribution in [0.15, 0.2) is 78.9 Å². The third-order valence-corrected chi connectivity index (χ3v) is 4.27. The van der Waals surface area contributed by atoms with Crippen LogP contribution in [0.2, 0.25) is 0 Å². The number of carbonyl (C=O) groups is 2. The van der Waals surface area contributed by atoms with Crippen molar-refractivity contribution >= 4 is 17.8 Å². The van der Waals surface area contributed by atoms with E-state index in [0.717, 1.165) is 11.3 Å². The molecule has 0 bridgehead atoms. The molecule has 3 aromatic rings. The van der Waals surface area contributed by atoms with E-state index in [0.29, 0.717) is 29.2 Å². The largest absolute Gasteiger partial charge is 0.497 e. The highest BCUT2D eigenvalue weighted by molar-refractivity contribution is 6.06. The number of methoxy groups -OCH3 is 1. The molecule has 0 atom stereocenters. The number of allylic oxidation sites excluding steroid dienone is 1. The average Bonchev–Trinajstić information content (AvgIpc) is 2.79. The van der Waals surface area contributed by atoms with E-state index in [1.54, 1.807) is 54.6 Å². The molecular weight excluding hydrogens is 380 g/mol. The molecule has 0 N–H and O–H groups in total. The first-order valence-corrected chi connectivity index (χ1v) is 9.50. The first-order chi connectivity index (χ1) is 14.6. The maximum absolute atomic E-state index is 12.4. The fourth-order valence-corrected chi connectivity index (χ4v) is 2.71. The maximum atomic E-state index is 12.4. The fourth-order valence-electron chi connectivity index (χ4n) is 2.71. The summed E-state index contributed by atoms with van der Waals surface area (Å²) in [6.45, 7) is 2.54. The van der Waals surface area contributed by atoms with Gasteiger partial charge in [0, 0.05) is 5.56 Å². The minimum Gasteiger partial charge on any atom is -0.497 e. The van der Waals surface area contributed by atoms with Crippen molar-refractivity contribution in [3.8, 4) is 17.2 Å². The van der Waals surface area contributed by atoms with Crippen molar-refractivity contribution in [2.45, 2.75) is 6.92 Å². The van der Waals surface area contributed by atoms with E-state index >= 15 is 0 Å². The smallest absolute Gasteiger partial charge is 0.343 e. The van der Waals surface area contributed by atoms with Crippen molar-refractivity contribution < 1.29 is 23.8 Å². The lowest BCUT2D eigenvalue weighted by Crippen LogP contribution is -2.08. The van der Waals surface area contributed by atoms with Crippen molar-refractivity contribution in [3.63, 3.8) is 0 Å². The number of benzene rings is 3. The molecule has 0 aromatic heterocycles. The van der Waals surface area contributed by atoms with Gasteiger partial charge in [-0.15, -0.1) is 0 Å². The molecule has 0 saturated heterocycles. The molecule has 3 aromatic carbocycles. The number of esters is 1. The molecule has 0 aliphatic carbocycles. The highest BCUT2D eigenvalue weighted by Crippen LogP contribution is 2.18. The second-order valence-electron chi connectivity index (χ2n) is 6.35. The van der Waals surface area contributed by atoms with Crippen molar-refractivity contribution in [3.05, 3.63) is 95.6 Å². The van der Waals surface area contributed by atoms with E-state index in [1.807, 2.05) is 31.2 Å². The van der Waals surface area contributed by atoms with Gasteiger partial charge in [-0.1, -0.05) is 24.3 Å². The molecular formula is C25H22O5. The molecule has 0 amide bonds. The Kier molecular flexibility index (Phi) is 7.00. The molecule has 0 aliphatic heterocycles. The molecule has 0 radical (unpaired) electrons. The second kappa shape index (κ2) is 10.1. The Labute approximate surface area is 175 Å². The molecule has 0 saturated carbocycles. The van der Waals surface area contributed by atoms with Crippen LogP contribution in [0.4, 0.5) is 0 Å². The Morgan fingerprint density at radius 3 is 2.20 bits per heavy atom. The van der Waals surface area contributed by atoms with Gasteiger partial charge in [-0.25, -0.2) is 4.79 Å². The van der Waals surface area contributed by atoms with Crippen LogP contribution in [0.3, 0.4) is 0 Å². The topological polar surface area (TPSA) is 61.8 Å². The van der Waals surface area contributed by atoms with Gasteiger partial charge in [0.05, 0.1) is 19.3 Å². The van der Waals surface area contributed by atoms with Crippen molar-refractivity contribution in [1.82, 2.24) is 0 Å². The fraction of sp³-hybridized carbons (Fsp3) is 0.120. The summed E-state index contributed by atoms with van der Waals surface area (Å²) in [5, 5.41) is 0. The standard InChI is InChI=1S/C25H22O5/c1-3-29-21-12-7-18(8-13-21)9-16-24(26)19-10-14-22(15-11-19)30-25(27)20-5-4-6-23(17-20)28-2/h4-17H,3H2,1-2H3/b16-9+. The van der Waals surface area contributed by atoms with Crippen LogP contribution in [0.5, 0.6) is 17.2 Å². The van der Waals surface area contributed by atoms with Crippen molar-refractivity contribution in [2.75, 3.05) is 13.7 Å². The first-order valence-electron chi connectivity index (χ1n) is 9.50. The van der Waals surface area contributed by atoms with E-state index in [4.69, 9.17) is 14.2 Å². The summed E-state index contributed by atoms with van der Waals surface area (Å²) in [6, 6.07) is 20.6. The summed E-state index contributed by atoms with van der Waals surface area (Å²) in [5.74, 6) is 1.08. The highest BCUT2D eigenvalue weighted by Gasteiger charge is 2.10. The molecule has 0 aliphatic rings. The number of carbonyl (C=O) groups excluding carboxylic acids is 2. The van der Waals surface area contributed by atoms with E-state index in [2.05, 4.69) is 0 Å². The summed E-state index contributed by atoms with van der Waals surface area (Å²) in [6.07, 6.45) is 3.25. The van der Waals surface area contributed by atoms with Crippen molar-refractivity contribution in [2.24, 2.45) is 0 Å². The highest BCUT2D eigenvalue weighted by atomic mass is 16.5. The Morgan fingerprint density at radius 1 is 0.833 bits per heavy atom. The predicted octanol–water partition coefficient (Wildman–Crippen LogP) is 5.21. The monoisotopic (exact) mass is 402 g/mol. The summed E-state index contributed by atoms with van der Waals surface area (Å²) >= 11 is 0. The molecule has 0 unspecified atom stereocenters. The third-order valence-electron chi connectivity index (χ3n) is 4.27. The second-order valence-corrected chi connectivity index (χ2v) is 6.35. The summed E-state index contributed by atoms with van der Waals surface area (Å²) in [7, 11) is 1.53. The van der Waals surface area contributed by atoms with Gasteiger partial charge in [-0.05, 0) is 73.2 Å². The summed E-state index contributed by atoms with van der Waals surface area (Å²) in [5.41, 5.74) is 1.78. The van der Waals surface area contributed by atoms with Gasteiger partial charge in [0.25, 0.3) is 0 Å².